The number of benzene rings is 1. The second-order valence-electron chi connectivity index (χ2n) is 7.03. The summed E-state index contributed by atoms with van der Waals surface area (Å²) < 4.78 is 22.1. The van der Waals surface area contributed by atoms with Crippen LogP contribution in [0.25, 0.3) is 11.3 Å². The molecule has 6 nitrogen and oxygen atoms in total. The molecule has 6 heteroatoms. The number of aromatic nitrogens is 2. The van der Waals surface area contributed by atoms with Crippen molar-refractivity contribution in [3.8, 4) is 35.0 Å². The van der Waals surface area contributed by atoms with Gasteiger partial charge in [0.1, 0.15) is 12.7 Å². The molecule has 0 bridgehead atoms. The molecule has 28 heavy (non-hydrogen) atoms. The van der Waals surface area contributed by atoms with Crippen LogP contribution in [0, 0.1) is 24.7 Å². The van der Waals surface area contributed by atoms with E-state index in [-0.39, 0.29) is 12.1 Å². The fourth-order valence-corrected chi connectivity index (χ4v) is 2.96. The number of rotatable bonds is 5. The minimum absolute atomic E-state index is 0.0933. The minimum Gasteiger partial charge on any atom is -0.475 e. The van der Waals surface area contributed by atoms with Crippen LogP contribution in [0.4, 0.5) is 0 Å². The maximum absolute atomic E-state index is 5.83. The standard InChI is InChI=1S/C22H24N2O4/c1-15-11-17(6-5-16-3-4-16)7-8-19(15)20-12-21(24-22(23-20)25-2)28-14-18-13-26-9-10-27-18/h7-8,11-12,16,18H,3-4,9-10,13-14H2,1-2H3. The molecule has 1 unspecified atom stereocenters. The Bertz CT molecular complexity index is 893. The van der Waals surface area contributed by atoms with Gasteiger partial charge < -0.3 is 18.9 Å². The molecular formula is C22H24N2O4. The van der Waals surface area contributed by atoms with Crippen LogP contribution in [-0.4, -0.2) is 49.6 Å². The number of hydrogen-bond acceptors (Lipinski definition) is 6. The van der Waals surface area contributed by atoms with Gasteiger partial charge in [0.25, 0.3) is 0 Å². The third-order valence-corrected chi connectivity index (χ3v) is 4.67. The molecule has 2 heterocycles. The van der Waals surface area contributed by atoms with Crippen molar-refractivity contribution >= 4 is 0 Å². The van der Waals surface area contributed by atoms with E-state index in [4.69, 9.17) is 18.9 Å². The third kappa shape index (κ3) is 4.80. The highest BCUT2D eigenvalue weighted by Gasteiger charge is 2.18. The van der Waals surface area contributed by atoms with Crippen molar-refractivity contribution in [2.24, 2.45) is 5.92 Å². The molecule has 0 N–H and O–H groups in total. The smallest absolute Gasteiger partial charge is 0.320 e. The van der Waals surface area contributed by atoms with E-state index in [9.17, 15) is 0 Å². The van der Waals surface area contributed by atoms with Crippen molar-refractivity contribution < 1.29 is 18.9 Å². The van der Waals surface area contributed by atoms with Crippen molar-refractivity contribution in [3.63, 3.8) is 0 Å². The monoisotopic (exact) mass is 380 g/mol. The first-order valence-corrected chi connectivity index (χ1v) is 9.59. The molecule has 1 aromatic carbocycles. The number of hydrogen-bond donors (Lipinski definition) is 0. The van der Waals surface area contributed by atoms with Gasteiger partial charge in [-0.3, -0.25) is 0 Å². The predicted octanol–water partition coefficient (Wildman–Crippen LogP) is 3.02. The van der Waals surface area contributed by atoms with Gasteiger partial charge in [-0.15, -0.1) is 0 Å². The Balaban J connectivity index is 1.53. The molecule has 1 atom stereocenters. The zero-order valence-corrected chi connectivity index (χ0v) is 16.2. The molecule has 2 fully saturated rings. The summed E-state index contributed by atoms with van der Waals surface area (Å²) in [4.78, 5) is 8.78. The minimum atomic E-state index is -0.0933. The summed E-state index contributed by atoms with van der Waals surface area (Å²) in [6.07, 6.45) is 2.36. The lowest BCUT2D eigenvalue weighted by Gasteiger charge is -2.22. The predicted molar refractivity (Wildman–Crippen MR) is 104 cm³/mol. The van der Waals surface area contributed by atoms with Gasteiger partial charge in [-0.25, -0.2) is 0 Å². The Labute approximate surface area is 165 Å². The van der Waals surface area contributed by atoms with E-state index >= 15 is 0 Å². The van der Waals surface area contributed by atoms with Crippen molar-refractivity contribution in [1.82, 2.24) is 9.97 Å². The molecule has 0 radical (unpaired) electrons. The highest BCUT2D eigenvalue weighted by Crippen LogP contribution is 2.29. The van der Waals surface area contributed by atoms with Crippen LogP contribution in [0.3, 0.4) is 0 Å². The third-order valence-electron chi connectivity index (χ3n) is 4.67. The number of ether oxygens (including phenoxy) is 4. The van der Waals surface area contributed by atoms with Crippen molar-refractivity contribution in [2.75, 3.05) is 33.5 Å². The SMILES string of the molecule is COc1nc(OCC2COCCO2)cc(-c2ccc(C#CC3CC3)cc2C)n1. The first-order chi connectivity index (χ1) is 13.7. The molecule has 146 valence electrons. The van der Waals surface area contributed by atoms with Gasteiger partial charge >= 0.3 is 6.01 Å². The lowest BCUT2D eigenvalue weighted by atomic mass is 10.0. The van der Waals surface area contributed by atoms with E-state index in [2.05, 4.69) is 34.8 Å². The Morgan fingerprint density at radius 3 is 2.79 bits per heavy atom. The lowest BCUT2D eigenvalue weighted by Crippen LogP contribution is -2.33. The average Bonchev–Trinajstić information content (AvgIpc) is 3.56. The van der Waals surface area contributed by atoms with E-state index in [1.165, 1.54) is 12.8 Å². The first-order valence-electron chi connectivity index (χ1n) is 9.59. The molecule has 0 spiro atoms. The van der Waals surface area contributed by atoms with Gasteiger partial charge in [-0.1, -0.05) is 17.9 Å². The zero-order valence-electron chi connectivity index (χ0n) is 16.2. The van der Waals surface area contributed by atoms with Crippen LogP contribution in [0.5, 0.6) is 11.9 Å². The number of methoxy groups -OCH3 is 1. The summed E-state index contributed by atoms with van der Waals surface area (Å²) in [6, 6.07) is 8.25. The topological polar surface area (TPSA) is 62.7 Å². The largest absolute Gasteiger partial charge is 0.475 e. The maximum atomic E-state index is 5.83. The average molecular weight is 380 g/mol. The summed E-state index contributed by atoms with van der Waals surface area (Å²) >= 11 is 0. The second-order valence-corrected chi connectivity index (χ2v) is 7.03. The first kappa shape index (κ1) is 18.7. The quantitative estimate of drug-likeness (QED) is 0.743. The fourth-order valence-electron chi connectivity index (χ4n) is 2.96. The number of nitrogens with zero attached hydrogens (tertiary/aromatic N) is 2. The summed E-state index contributed by atoms with van der Waals surface area (Å²) in [5.74, 6) is 7.59. The fraction of sp³-hybridized carbons (Fsp3) is 0.455. The Morgan fingerprint density at radius 1 is 1.18 bits per heavy atom. The van der Waals surface area contributed by atoms with Crippen molar-refractivity contribution in [1.29, 1.82) is 0 Å². The van der Waals surface area contributed by atoms with Gasteiger partial charge in [0.15, 0.2) is 0 Å². The summed E-state index contributed by atoms with van der Waals surface area (Å²) in [5.41, 5.74) is 3.88. The molecular weight excluding hydrogens is 356 g/mol. The molecule has 1 saturated heterocycles. The normalized spacial score (nSPS) is 18.9. The van der Waals surface area contributed by atoms with Gasteiger partial charge in [0.05, 0.1) is 32.6 Å². The molecule has 4 rings (SSSR count). The van der Waals surface area contributed by atoms with Crippen LogP contribution >= 0.6 is 0 Å². The van der Waals surface area contributed by atoms with Crippen LogP contribution < -0.4 is 9.47 Å². The molecule has 1 aliphatic carbocycles. The number of aryl methyl sites for hydroxylation is 1. The van der Waals surface area contributed by atoms with Crippen LogP contribution in [0.2, 0.25) is 0 Å². The van der Waals surface area contributed by atoms with Crippen LogP contribution in [-0.2, 0) is 9.47 Å². The zero-order chi connectivity index (χ0) is 19.3. The molecule has 0 amide bonds. The highest BCUT2D eigenvalue weighted by molar-refractivity contribution is 5.66. The Kier molecular flexibility index (Phi) is 5.75. The molecule has 1 aliphatic heterocycles. The highest BCUT2D eigenvalue weighted by atomic mass is 16.6. The van der Waals surface area contributed by atoms with Gasteiger partial charge in [-0.2, -0.15) is 9.97 Å². The van der Waals surface area contributed by atoms with Gasteiger partial charge in [0, 0.05) is 23.1 Å². The van der Waals surface area contributed by atoms with E-state index in [1.54, 1.807) is 7.11 Å². The van der Waals surface area contributed by atoms with Crippen molar-refractivity contribution in [2.45, 2.75) is 25.9 Å². The molecule has 2 aliphatic rings. The summed E-state index contributed by atoms with van der Waals surface area (Å²) in [6.45, 7) is 4.16. The molecule has 2 aromatic rings. The van der Waals surface area contributed by atoms with Crippen LogP contribution in [0.1, 0.15) is 24.0 Å². The van der Waals surface area contributed by atoms with Gasteiger partial charge in [0.2, 0.25) is 5.88 Å². The summed E-state index contributed by atoms with van der Waals surface area (Å²) in [7, 11) is 1.55. The summed E-state index contributed by atoms with van der Waals surface area (Å²) in [5, 5.41) is 0. The van der Waals surface area contributed by atoms with E-state index in [0.717, 1.165) is 22.4 Å². The molecule has 1 aromatic heterocycles. The van der Waals surface area contributed by atoms with Gasteiger partial charge in [-0.05, 0) is 37.5 Å². The van der Waals surface area contributed by atoms with Crippen molar-refractivity contribution in [3.05, 3.63) is 35.4 Å². The maximum Gasteiger partial charge on any atom is 0.320 e. The van der Waals surface area contributed by atoms with E-state index in [1.807, 2.05) is 18.2 Å². The second kappa shape index (κ2) is 8.59. The van der Waals surface area contributed by atoms with Crippen LogP contribution in [0.15, 0.2) is 24.3 Å². The Morgan fingerprint density at radius 2 is 2.07 bits per heavy atom. The van der Waals surface area contributed by atoms with E-state index in [0.29, 0.717) is 38.2 Å². The van der Waals surface area contributed by atoms with E-state index < -0.39 is 0 Å². The lowest BCUT2D eigenvalue weighted by molar-refractivity contribution is -0.102. The Hall–Kier alpha value is -2.62. The molecule has 1 saturated carbocycles.